The summed E-state index contributed by atoms with van der Waals surface area (Å²) in [4.78, 5) is 11.7. The SMILES string of the molecule is CCOCCCCc1cn(CCCCCC(=O)NC(C)CC)nn1. The number of hydrogen-bond acceptors (Lipinski definition) is 4. The lowest BCUT2D eigenvalue weighted by molar-refractivity contribution is -0.121. The van der Waals surface area contributed by atoms with Crippen molar-refractivity contribution in [2.45, 2.75) is 84.7 Å². The summed E-state index contributed by atoms with van der Waals surface area (Å²) in [6.07, 6.45) is 9.75. The third-order valence-electron chi connectivity index (χ3n) is 4.07. The molecule has 0 fully saturated rings. The van der Waals surface area contributed by atoms with Crippen molar-refractivity contribution in [1.82, 2.24) is 20.3 Å². The molecule has 0 saturated carbocycles. The number of nitrogens with one attached hydrogen (secondary N) is 1. The molecule has 0 aromatic carbocycles. The predicted molar refractivity (Wildman–Crippen MR) is 95.8 cm³/mol. The quantitative estimate of drug-likeness (QED) is 0.529. The van der Waals surface area contributed by atoms with Crippen LogP contribution in [-0.2, 0) is 22.5 Å². The predicted octanol–water partition coefficient (Wildman–Crippen LogP) is 3.11. The van der Waals surface area contributed by atoms with E-state index in [9.17, 15) is 4.79 Å². The van der Waals surface area contributed by atoms with Crippen molar-refractivity contribution in [3.05, 3.63) is 11.9 Å². The second kappa shape index (κ2) is 12.9. The minimum absolute atomic E-state index is 0.166. The van der Waals surface area contributed by atoms with Crippen LogP contribution in [0.3, 0.4) is 0 Å². The van der Waals surface area contributed by atoms with Crippen molar-refractivity contribution in [2.75, 3.05) is 13.2 Å². The number of carbonyl (C=O) groups is 1. The van der Waals surface area contributed by atoms with Gasteiger partial charge in [0.2, 0.25) is 5.91 Å². The first-order chi connectivity index (χ1) is 11.7. The number of hydrogen-bond donors (Lipinski definition) is 1. The Morgan fingerprint density at radius 3 is 2.83 bits per heavy atom. The molecule has 0 aliphatic rings. The fraction of sp³-hybridized carbons (Fsp3) is 0.833. The molecule has 0 saturated heterocycles. The highest BCUT2D eigenvalue weighted by atomic mass is 16.5. The zero-order chi connectivity index (χ0) is 17.6. The van der Waals surface area contributed by atoms with E-state index in [-0.39, 0.29) is 11.9 Å². The second-order valence-corrected chi connectivity index (χ2v) is 6.31. The number of carbonyl (C=O) groups excluding carboxylic acids is 1. The van der Waals surface area contributed by atoms with E-state index in [1.165, 1.54) is 0 Å². The van der Waals surface area contributed by atoms with E-state index in [2.05, 4.69) is 22.6 Å². The molecule has 0 bridgehead atoms. The van der Waals surface area contributed by atoms with Gasteiger partial charge in [0.1, 0.15) is 0 Å². The van der Waals surface area contributed by atoms with Crippen molar-refractivity contribution in [1.29, 1.82) is 0 Å². The van der Waals surface area contributed by atoms with E-state index in [1.54, 1.807) is 0 Å². The van der Waals surface area contributed by atoms with Crippen molar-refractivity contribution in [3.8, 4) is 0 Å². The monoisotopic (exact) mass is 338 g/mol. The maximum Gasteiger partial charge on any atom is 0.220 e. The lowest BCUT2D eigenvalue weighted by Gasteiger charge is -2.10. The van der Waals surface area contributed by atoms with Gasteiger partial charge in [-0.3, -0.25) is 9.48 Å². The highest BCUT2D eigenvalue weighted by Gasteiger charge is 2.05. The van der Waals surface area contributed by atoms with E-state index in [1.807, 2.05) is 24.7 Å². The zero-order valence-electron chi connectivity index (χ0n) is 15.6. The van der Waals surface area contributed by atoms with E-state index in [0.717, 1.165) is 70.4 Å². The van der Waals surface area contributed by atoms with Crippen LogP contribution in [0.1, 0.15) is 71.4 Å². The number of aryl methyl sites for hydroxylation is 2. The van der Waals surface area contributed by atoms with Crippen molar-refractivity contribution < 1.29 is 9.53 Å². The largest absolute Gasteiger partial charge is 0.382 e. The normalized spacial score (nSPS) is 12.3. The summed E-state index contributed by atoms with van der Waals surface area (Å²) in [6, 6.07) is 0.277. The molecule has 24 heavy (non-hydrogen) atoms. The number of ether oxygens (including phenoxy) is 1. The van der Waals surface area contributed by atoms with Gasteiger partial charge in [0.25, 0.3) is 0 Å². The summed E-state index contributed by atoms with van der Waals surface area (Å²) in [5.74, 6) is 0.166. The molecule has 0 aliphatic heterocycles. The van der Waals surface area contributed by atoms with Gasteiger partial charge in [-0.2, -0.15) is 0 Å². The van der Waals surface area contributed by atoms with Gasteiger partial charge >= 0.3 is 0 Å². The van der Waals surface area contributed by atoms with Crippen LogP contribution in [-0.4, -0.2) is 40.2 Å². The van der Waals surface area contributed by atoms with Crippen LogP contribution in [0.5, 0.6) is 0 Å². The fourth-order valence-corrected chi connectivity index (χ4v) is 2.40. The van der Waals surface area contributed by atoms with E-state index in [0.29, 0.717) is 6.42 Å². The average molecular weight is 338 g/mol. The lowest BCUT2D eigenvalue weighted by Crippen LogP contribution is -2.31. The van der Waals surface area contributed by atoms with Crippen LogP contribution in [0.4, 0.5) is 0 Å². The molecular formula is C18H34N4O2. The molecule has 1 atom stereocenters. The lowest BCUT2D eigenvalue weighted by atomic mass is 10.1. The zero-order valence-corrected chi connectivity index (χ0v) is 15.6. The molecule has 1 amide bonds. The van der Waals surface area contributed by atoms with E-state index < -0.39 is 0 Å². The smallest absolute Gasteiger partial charge is 0.220 e. The third kappa shape index (κ3) is 9.65. The van der Waals surface area contributed by atoms with Crippen molar-refractivity contribution >= 4 is 5.91 Å². The first kappa shape index (κ1) is 20.6. The molecule has 1 rings (SSSR count). The Labute approximate surface area is 146 Å². The average Bonchev–Trinajstić information content (AvgIpc) is 3.02. The number of rotatable bonds is 14. The van der Waals surface area contributed by atoms with Gasteiger partial charge < -0.3 is 10.1 Å². The Hall–Kier alpha value is -1.43. The van der Waals surface area contributed by atoms with Crippen molar-refractivity contribution in [2.24, 2.45) is 0 Å². The topological polar surface area (TPSA) is 69.0 Å². The maximum atomic E-state index is 11.7. The molecule has 6 heteroatoms. The Morgan fingerprint density at radius 2 is 2.08 bits per heavy atom. The Balaban J connectivity index is 2.06. The molecule has 6 nitrogen and oxygen atoms in total. The van der Waals surface area contributed by atoms with Crippen LogP contribution in [0.2, 0.25) is 0 Å². The van der Waals surface area contributed by atoms with Crippen LogP contribution < -0.4 is 5.32 Å². The molecule has 1 unspecified atom stereocenters. The number of nitrogens with zero attached hydrogens (tertiary/aromatic N) is 3. The van der Waals surface area contributed by atoms with E-state index in [4.69, 9.17) is 4.74 Å². The van der Waals surface area contributed by atoms with Gasteiger partial charge in [-0.25, -0.2) is 0 Å². The molecule has 1 heterocycles. The summed E-state index contributed by atoms with van der Waals surface area (Å²) in [6.45, 7) is 8.63. The number of amides is 1. The maximum absolute atomic E-state index is 11.7. The number of aromatic nitrogens is 3. The standard InChI is InChI=1S/C18H34N4O2/c1-4-16(3)19-18(23)12-7-6-9-13-22-15-17(20-21-22)11-8-10-14-24-5-2/h15-16H,4-14H2,1-3H3,(H,19,23). The first-order valence-electron chi connectivity index (χ1n) is 9.41. The highest BCUT2D eigenvalue weighted by Crippen LogP contribution is 2.05. The van der Waals surface area contributed by atoms with E-state index >= 15 is 0 Å². The van der Waals surface area contributed by atoms with Crippen LogP contribution in [0.25, 0.3) is 0 Å². The molecule has 0 spiro atoms. The van der Waals surface area contributed by atoms with Gasteiger partial charge in [-0.1, -0.05) is 18.6 Å². The van der Waals surface area contributed by atoms with Crippen LogP contribution in [0, 0.1) is 0 Å². The third-order valence-corrected chi connectivity index (χ3v) is 4.07. The van der Waals surface area contributed by atoms with Gasteiger partial charge in [-0.15, -0.1) is 5.10 Å². The summed E-state index contributed by atoms with van der Waals surface area (Å²) in [7, 11) is 0. The molecule has 1 N–H and O–H groups in total. The minimum atomic E-state index is 0.166. The van der Waals surface area contributed by atoms with Crippen LogP contribution in [0.15, 0.2) is 6.20 Å². The molecular weight excluding hydrogens is 304 g/mol. The van der Waals surface area contributed by atoms with Crippen molar-refractivity contribution in [3.63, 3.8) is 0 Å². The van der Waals surface area contributed by atoms with Gasteiger partial charge in [0.05, 0.1) is 5.69 Å². The number of unbranched alkanes of at least 4 members (excludes halogenated alkanes) is 3. The van der Waals surface area contributed by atoms with Gasteiger partial charge in [0.15, 0.2) is 0 Å². The fourth-order valence-electron chi connectivity index (χ4n) is 2.40. The Kier molecular flexibility index (Phi) is 11.1. The summed E-state index contributed by atoms with van der Waals surface area (Å²) in [5.41, 5.74) is 1.06. The Bertz CT molecular complexity index is 448. The van der Waals surface area contributed by atoms with Gasteiger partial charge in [0, 0.05) is 38.4 Å². The summed E-state index contributed by atoms with van der Waals surface area (Å²) >= 11 is 0. The summed E-state index contributed by atoms with van der Waals surface area (Å²) < 4.78 is 7.24. The first-order valence-corrected chi connectivity index (χ1v) is 9.41. The summed E-state index contributed by atoms with van der Waals surface area (Å²) in [5, 5.41) is 11.4. The molecule has 0 aliphatic carbocycles. The highest BCUT2D eigenvalue weighted by molar-refractivity contribution is 5.76. The van der Waals surface area contributed by atoms with Gasteiger partial charge in [-0.05, 0) is 52.4 Å². The second-order valence-electron chi connectivity index (χ2n) is 6.31. The molecule has 1 aromatic rings. The molecule has 138 valence electrons. The van der Waals surface area contributed by atoms with Crippen LogP contribution >= 0.6 is 0 Å². The molecule has 0 radical (unpaired) electrons. The Morgan fingerprint density at radius 1 is 1.25 bits per heavy atom. The minimum Gasteiger partial charge on any atom is -0.382 e. The molecule has 1 aromatic heterocycles.